The van der Waals surface area contributed by atoms with Crippen LogP contribution in [-0.2, 0) is 0 Å². The van der Waals surface area contributed by atoms with E-state index in [1.807, 2.05) is 60.9 Å². The molecule has 1 saturated carbocycles. The number of H-pyrrole nitrogens is 1. The van der Waals surface area contributed by atoms with E-state index in [1.54, 1.807) is 0 Å². The molecule has 0 saturated heterocycles. The predicted molar refractivity (Wildman–Crippen MR) is 144 cm³/mol. The molecule has 1 aliphatic carbocycles. The highest BCUT2D eigenvalue weighted by Crippen LogP contribution is 2.40. The third-order valence-electron chi connectivity index (χ3n) is 7.67. The van der Waals surface area contributed by atoms with E-state index < -0.39 is 6.10 Å². The first-order valence-corrected chi connectivity index (χ1v) is 12.7. The lowest BCUT2D eigenvalue weighted by Gasteiger charge is -2.30. The van der Waals surface area contributed by atoms with Crippen molar-refractivity contribution in [2.75, 3.05) is 0 Å². The molecule has 37 heavy (non-hydrogen) atoms. The molecule has 0 bridgehead atoms. The minimum absolute atomic E-state index is 0.301. The number of aliphatic hydroxyl groups is 1. The Morgan fingerprint density at radius 2 is 1.73 bits per heavy atom. The maximum absolute atomic E-state index is 10.9. The molecular weight excluding hydrogens is 458 g/mol. The summed E-state index contributed by atoms with van der Waals surface area (Å²) in [6.45, 7) is 0. The minimum Gasteiger partial charge on any atom is -0.384 e. The Morgan fingerprint density at radius 1 is 1.03 bits per heavy atom. The van der Waals surface area contributed by atoms with E-state index in [0.717, 1.165) is 75.8 Å². The van der Waals surface area contributed by atoms with Gasteiger partial charge in [0, 0.05) is 35.2 Å². The van der Waals surface area contributed by atoms with Crippen LogP contribution in [0.15, 0.2) is 67.0 Å². The number of rotatable bonds is 5. The van der Waals surface area contributed by atoms with Crippen LogP contribution in [0.2, 0.25) is 0 Å². The zero-order chi connectivity index (χ0) is 25.4. The molecule has 1 fully saturated rings. The van der Waals surface area contributed by atoms with Crippen LogP contribution in [0.4, 0.5) is 0 Å². The number of aromatic amines is 1. The fourth-order valence-corrected chi connectivity index (χ4v) is 5.66. The van der Waals surface area contributed by atoms with Crippen molar-refractivity contribution in [3.63, 3.8) is 0 Å². The SMILES string of the molecule is C#Cc1ccc(C(O)c2ccc(-c3nc4cnc5[nH]ccc5c4n3[C@H]3CC[C@H](CC#N)CC3)cc2)cc1. The molecule has 6 rings (SSSR count). The summed E-state index contributed by atoms with van der Waals surface area (Å²) in [6.07, 6.45) is 13.2. The van der Waals surface area contributed by atoms with Crippen LogP contribution < -0.4 is 0 Å². The molecule has 6 heteroatoms. The lowest BCUT2D eigenvalue weighted by Crippen LogP contribution is -2.19. The summed E-state index contributed by atoms with van der Waals surface area (Å²) in [6, 6.07) is 20.1. The first-order chi connectivity index (χ1) is 18.2. The molecule has 3 heterocycles. The van der Waals surface area contributed by atoms with Gasteiger partial charge in [-0.2, -0.15) is 5.26 Å². The Labute approximate surface area is 215 Å². The van der Waals surface area contributed by atoms with E-state index in [4.69, 9.17) is 16.7 Å². The number of hydrogen-bond acceptors (Lipinski definition) is 4. The second-order valence-electron chi connectivity index (χ2n) is 9.87. The number of nitriles is 1. The summed E-state index contributed by atoms with van der Waals surface area (Å²) in [7, 11) is 0. The molecule has 182 valence electrons. The van der Waals surface area contributed by atoms with E-state index >= 15 is 0 Å². The monoisotopic (exact) mass is 485 g/mol. The van der Waals surface area contributed by atoms with Gasteiger partial charge in [-0.1, -0.05) is 42.3 Å². The quantitative estimate of drug-likeness (QED) is 0.286. The molecule has 1 aliphatic rings. The molecule has 1 unspecified atom stereocenters. The van der Waals surface area contributed by atoms with Gasteiger partial charge in [-0.05, 0) is 60.9 Å². The first kappa shape index (κ1) is 23.0. The molecule has 0 amide bonds. The lowest BCUT2D eigenvalue weighted by atomic mass is 9.84. The maximum atomic E-state index is 10.9. The molecule has 3 aromatic heterocycles. The van der Waals surface area contributed by atoms with Gasteiger partial charge in [0.2, 0.25) is 0 Å². The zero-order valence-electron chi connectivity index (χ0n) is 20.4. The predicted octanol–water partition coefficient (Wildman–Crippen LogP) is 6.29. The smallest absolute Gasteiger partial charge is 0.141 e. The fourth-order valence-electron chi connectivity index (χ4n) is 5.66. The third-order valence-corrected chi connectivity index (χ3v) is 7.67. The number of fused-ring (bicyclic) bond motifs is 3. The summed E-state index contributed by atoms with van der Waals surface area (Å²) in [4.78, 5) is 12.8. The highest BCUT2D eigenvalue weighted by Gasteiger charge is 2.27. The Hall–Kier alpha value is -4.39. The summed E-state index contributed by atoms with van der Waals surface area (Å²) < 4.78 is 2.39. The molecule has 2 aromatic carbocycles. The molecule has 0 radical (unpaired) electrons. The summed E-state index contributed by atoms with van der Waals surface area (Å²) in [5.74, 6) is 3.99. The largest absolute Gasteiger partial charge is 0.384 e. The molecule has 5 aromatic rings. The second kappa shape index (κ2) is 9.58. The van der Waals surface area contributed by atoms with E-state index in [9.17, 15) is 5.11 Å². The fraction of sp³-hybridized carbons (Fsp3) is 0.258. The maximum Gasteiger partial charge on any atom is 0.141 e. The Balaban J connectivity index is 1.39. The van der Waals surface area contributed by atoms with Crippen molar-refractivity contribution in [1.29, 1.82) is 5.26 Å². The van der Waals surface area contributed by atoms with Crippen LogP contribution in [0.1, 0.15) is 60.9 Å². The van der Waals surface area contributed by atoms with Gasteiger partial charge in [0.15, 0.2) is 0 Å². The molecule has 0 aliphatic heterocycles. The first-order valence-electron chi connectivity index (χ1n) is 12.7. The van der Waals surface area contributed by atoms with Gasteiger partial charge < -0.3 is 14.7 Å². The topological polar surface area (TPSA) is 90.5 Å². The highest BCUT2D eigenvalue weighted by atomic mass is 16.3. The van der Waals surface area contributed by atoms with Gasteiger partial charge in [-0.25, -0.2) is 9.97 Å². The van der Waals surface area contributed by atoms with Crippen molar-refractivity contribution in [2.24, 2.45) is 5.92 Å². The normalized spacial score (nSPS) is 18.5. The van der Waals surface area contributed by atoms with Crippen LogP contribution in [0.25, 0.3) is 33.5 Å². The van der Waals surface area contributed by atoms with Crippen molar-refractivity contribution in [1.82, 2.24) is 19.5 Å². The number of nitrogens with zero attached hydrogens (tertiary/aromatic N) is 4. The average Bonchev–Trinajstić information content (AvgIpc) is 3.58. The number of aromatic nitrogens is 4. The van der Waals surface area contributed by atoms with Gasteiger partial charge in [-0.3, -0.25) is 0 Å². The van der Waals surface area contributed by atoms with E-state index in [1.165, 1.54) is 0 Å². The van der Waals surface area contributed by atoms with E-state index in [0.29, 0.717) is 18.4 Å². The number of nitrogens with one attached hydrogen (secondary N) is 1. The number of aliphatic hydroxyl groups excluding tert-OH is 1. The highest BCUT2D eigenvalue weighted by molar-refractivity contribution is 6.02. The van der Waals surface area contributed by atoms with Crippen LogP contribution in [0, 0.1) is 29.6 Å². The van der Waals surface area contributed by atoms with Crippen molar-refractivity contribution in [3.05, 3.63) is 83.7 Å². The average molecular weight is 486 g/mol. The van der Waals surface area contributed by atoms with Gasteiger partial charge in [0.05, 0.1) is 17.8 Å². The number of terminal acetylenes is 1. The number of hydrogen-bond donors (Lipinski definition) is 2. The molecule has 2 N–H and O–H groups in total. The Kier molecular flexibility index (Phi) is 5.96. The van der Waals surface area contributed by atoms with E-state index in [2.05, 4.69) is 32.6 Å². The lowest BCUT2D eigenvalue weighted by molar-refractivity contribution is 0.220. The minimum atomic E-state index is -0.737. The Morgan fingerprint density at radius 3 is 2.41 bits per heavy atom. The second-order valence-corrected chi connectivity index (χ2v) is 9.87. The molecule has 6 nitrogen and oxygen atoms in total. The van der Waals surface area contributed by atoms with Crippen molar-refractivity contribution in [3.8, 4) is 29.8 Å². The van der Waals surface area contributed by atoms with Crippen molar-refractivity contribution < 1.29 is 5.11 Å². The Bertz CT molecular complexity index is 1640. The van der Waals surface area contributed by atoms with Crippen LogP contribution in [0.5, 0.6) is 0 Å². The zero-order valence-corrected chi connectivity index (χ0v) is 20.4. The van der Waals surface area contributed by atoms with Crippen molar-refractivity contribution >= 4 is 22.1 Å². The summed E-state index contributed by atoms with van der Waals surface area (Å²) in [5.41, 5.74) is 6.23. The molecule has 0 spiro atoms. The van der Waals surface area contributed by atoms with E-state index in [-0.39, 0.29) is 0 Å². The number of benzene rings is 2. The third kappa shape index (κ3) is 4.16. The van der Waals surface area contributed by atoms with Crippen molar-refractivity contribution in [2.45, 2.75) is 44.2 Å². The summed E-state index contributed by atoms with van der Waals surface area (Å²) in [5, 5.41) is 21.2. The molecule has 1 atom stereocenters. The number of imidazole rings is 1. The van der Waals surface area contributed by atoms with Crippen LogP contribution >= 0.6 is 0 Å². The van der Waals surface area contributed by atoms with Gasteiger partial charge in [0.25, 0.3) is 0 Å². The van der Waals surface area contributed by atoms with Crippen LogP contribution in [0.3, 0.4) is 0 Å². The number of pyridine rings is 1. The standard InChI is InChI=1S/C31H27N5O/c1-2-20-3-7-22(8-4-20)29(37)23-9-11-24(12-10-23)31-35-27-19-34-30-26(16-18-33-30)28(27)36(31)25-13-5-21(6-14-25)15-17-32/h1,3-4,7-12,16,18-19,21,25,29,37H,5-6,13-15H2,(H,33,34)/t21-,25-,29?. The van der Waals surface area contributed by atoms with Gasteiger partial charge >= 0.3 is 0 Å². The summed E-state index contributed by atoms with van der Waals surface area (Å²) >= 11 is 0. The van der Waals surface area contributed by atoms with Crippen LogP contribution in [-0.4, -0.2) is 24.6 Å². The van der Waals surface area contributed by atoms with Gasteiger partial charge in [0.1, 0.15) is 23.1 Å². The molecular formula is C31H27N5O. The van der Waals surface area contributed by atoms with Gasteiger partial charge in [-0.15, -0.1) is 6.42 Å².